The zero-order chi connectivity index (χ0) is 15.2. The van der Waals surface area contributed by atoms with Crippen molar-refractivity contribution in [2.75, 3.05) is 46.8 Å². The highest BCUT2D eigenvalue weighted by Gasteiger charge is 2.31. The predicted octanol–water partition coefficient (Wildman–Crippen LogP) is 1.16. The number of piperidine rings is 2. The van der Waals surface area contributed by atoms with E-state index in [0.717, 1.165) is 58.4 Å². The van der Waals surface area contributed by atoms with Gasteiger partial charge in [-0.1, -0.05) is 0 Å². The number of hydrogen-bond acceptors (Lipinski definition) is 4. The van der Waals surface area contributed by atoms with Gasteiger partial charge in [0.2, 0.25) is 5.91 Å². The molecule has 2 fully saturated rings. The number of likely N-dealkylation sites (tertiary alicyclic amines) is 2. The zero-order valence-corrected chi connectivity index (χ0v) is 13.4. The third-order valence-corrected chi connectivity index (χ3v) is 4.98. The smallest absolute Gasteiger partial charge is 0.226 e. The molecule has 0 aromatic heterocycles. The Morgan fingerprint density at radius 1 is 1.29 bits per heavy atom. The molecular weight excluding hydrogens is 264 g/mol. The van der Waals surface area contributed by atoms with Gasteiger partial charge in [0.15, 0.2) is 0 Å². The summed E-state index contributed by atoms with van der Waals surface area (Å²) in [6, 6.07) is 2.60. The first-order chi connectivity index (χ1) is 10.1. The van der Waals surface area contributed by atoms with Crippen LogP contribution in [0.2, 0.25) is 0 Å². The van der Waals surface area contributed by atoms with E-state index < -0.39 is 0 Å². The van der Waals surface area contributed by atoms with E-state index in [9.17, 15) is 4.79 Å². The van der Waals surface area contributed by atoms with Gasteiger partial charge in [0.25, 0.3) is 0 Å². The van der Waals surface area contributed by atoms with Gasteiger partial charge in [-0.15, -0.1) is 0 Å². The number of amides is 1. The van der Waals surface area contributed by atoms with E-state index in [2.05, 4.69) is 22.9 Å². The fraction of sp³-hybridized carbons (Fsp3) is 0.875. The van der Waals surface area contributed by atoms with Crippen molar-refractivity contribution in [3.63, 3.8) is 0 Å². The van der Waals surface area contributed by atoms with Crippen molar-refractivity contribution in [2.45, 2.75) is 38.1 Å². The van der Waals surface area contributed by atoms with Gasteiger partial charge in [0.05, 0.1) is 12.0 Å². The minimum Gasteiger partial charge on any atom is -0.342 e. The van der Waals surface area contributed by atoms with Gasteiger partial charge in [0.1, 0.15) is 0 Å². The maximum absolute atomic E-state index is 12.7. The summed E-state index contributed by atoms with van der Waals surface area (Å²) < 4.78 is 0. The van der Waals surface area contributed by atoms with Gasteiger partial charge in [0, 0.05) is 32.6 Å². The predicted molar refractivity (Wildman–Crippen MR) is 82.7 cm³/mol. The van der Waals surface area contributed by atoms with Crippen LogP contribution in [-0.4, -0.2) is 73.5 Å². The lowest BCUT2D eigenvalue weighted by Crippen LogP contribution is -2.49. The lowest BCUT2D eigenvalue weighted by atomic mass is 9.94. The van der Waals surface area contributed by atoms with Crippen LogP contribution in [0.15, 0.2) is 0 Å². The van der Waals surface area contributed by atoms with Gasteiger partial charge in [-0.2, -0.15) is 5.26 Å². The summed E-state index contributed by atoms with van der Waals surface area (Å²) in [5.41, 5.74) is 0. The Kier molecular flexibility index (Phi) is 6.01. The SMILES string of the molecule is CN1CCC(N(C)C(=O)C2CCCN(CCC#N)C2)CC1. The van der Waals surface area contributed by atoms with Gasteiger partial charge >= 0.3 is 0 Å². The molecule has 5 heteroatoms. The van der Waals surface area contributed by atoms with E-state index in [4.69, 9.17) is 5.26 Å². The number of nitriles is 1. The summed E-state index contributed by atoms with van der Waals surface area (Å²) in [5.74, 6) is 0.438. The number of nitrogens with zero attached hydrogens (tertiary/aromatic N) is 4. The van der Waals surface area contributed by atoms with Crippen LogP contribution in [0.3, 0.4) is 0 Å². The molecule has 2 heterocycles. The van der Waals surface area contributed by atoms with Crippen LogP contribution >= 0.6 is 0 Å². The number of hydrogen-bond donors (Lipinski definition) is 0. The van der Waals surface area contributed by atoms with Crippen LogP contribution in [0.25, 0.3) is 0 Å². The highest BCUT2D eigenvalue weighted by atomic mass is 16.2. The second-order valence-corrected chi connectivity index (χ2v) is 6.53. The van der Waals surface area contributed by atoms with Crippen LogP contribution in [-0.2, 0) is 4.79 Å². The van der Waals surface area contributed by atoms with Crippen LogP contribution in [0.4, 0.5) is 0 Å². The second-order valence-electron chi connectivity index (χ2n) is 6.53. The van der Waals surface area contributed by atoms with Crippen LogP contribution in [0.1, 0.15) is 32.1 Å². The van der Waals surface area contributed by atoms with E-state index in [0.29, 0.717) is 18.4 Å². The molecule has 2 aliphatic heterocycles. The van der Waals surface area contributed by atoms with E-state index >= 15 is 0 Å². The average molecular weight is 292 g/mol. The fourth-order valence-corrected chi connectivity index (χ4v) is 3.52. The molecule has 2 aliphatic rings. The highest BCUT2D eigenvalue weighted by molar-refractivity contribution is 5.79. The van der Waals surface area contributed by atoms with Crippen molar-refractivity contribution in [1.29, 1.82) is 5.26 Å². The molecule has 21 heavy (non-hydrogen) atoms. The molecule has 0 aromatic carbocycles. The Morgan fingerprint density at radius 3 is 2.67 bits per heavy atom. The van der Waals surface area contributed by atoms with E-state index in [-0.39, 0.29) is 5.92 Å². The highest BCUT2D eigenvalue weighted by Crippen LogP contribution is 2.22. The Hall–Kier alpha value is -1.12. The molecule has 0 spiro atoms. The normalized spacial score (nSPS) is 25.5. The first-order valence-electron chi connectivity index (χ1n) is 8.16. The number of carbonyl (C=O) groups excluding carboxylic acids is 1. The Balaban J connectivity index is 1.85. The summed E-state index contributed by atoms with van der Waals surface area (Å²) >= 11 is 0. The minimum absolute atomic E-state index is 0.127. The van der Waals surface area contributed by atoms with Gasteiger partial charge in [-0.25, -0.2) is 0 Å². The van der Waals surface area contributed by atoms with Crippen LogP contribution in [0, 0.1) is 17.2 Å². The molecule has 0 aliphatic carbocycles. The Labute approximate surface area is 128 Å². The molecule has 2 rings (SSSR count). The molecule has 0 saturated carbocycles. The van der Waals surface area contributed by atoms with Crippen LogP contribution < -0.4 is 0 Å². The summed E-state index contributed by atoms with van der Waals surface area (Å²) in [7, 11) is 4.12. The molecule has 1 atom stereocenters. The zero-order valence-electron chi connectivity index (χ0n) is 13.4. The summed E-state index contributed by atoms with van der Waals surface area (Å²) in [5, 5.41) is 8.70. The molecule has 0 aromatic rings. The van der Waals surface area contributed by atoms with Crippen molar-refractivity contribution in [3.8, 4) is 6.07 Å². The molecule has 5 nitrogen and oxygen atoms in total. The van der Waals surface area contributed by atoms with Crippen molar-refractivity contribution in [3.05, 3.63) is 0 Å². The molecule has 1 unspecified atom stereocenters. The van der Waals surface area contributed by atoms with Gasteiger partial charge < -0.3 is 14.7 Å². The van der Waals surface area contributed by atoms with Crippen molar-refractivity contribution >= 4 is 5.91 Å². The van der Waals surface area contributed by atoms with E-state index in [1.54, 1.807) is 0 Å². The van der Waals surface area contributed by atoms with Crippen molar-refractivity contribution in [1.82, 2.24) is 14.7 Å². The molecule has 118 valence electrons. The summed E-state index contributed by atoms with van der Waals surface area (Å²) in [6.45, 7) is 4.83. The molecular formula is C16H28N4O. The average Bonchev–Trinajstić information content (AvgIpc) is 2.52. The largest absolute Gasteiger partial charge is 0.342 e. The fourth-order valence-electron chi connectivity index (χ4n) is 3.52. The molecule has 0 radical (unpaired) electrons. The molecule has 0 N–H and O–H groups in total. The first-order valence-corrected chi connectivity index (χ1v) is 8.16. The lowest BCUT2D eigenvalue weighted by Gasteiger charge is -2.39. The second kappa shape index (κ2) is 7.77. The lowest BCUT2D eigenvalue weighted by molar-refractivity contribution is -0.139. The monoisotopic (exact) mass is 292 g/mol. The minimum atomic E-state index is 0.127. The maximum Gasteiger partial charge on any atom is 0.226 e. The number of carbonyl (C=O) groups is 1. The van der Waals surface area contributed by atoms with Crippen molar-refractivity contribution < 1.29 is 4.79 Å². The Morgan fingerprint density at radius 2 is 2.00 bits per heavy atom. The van der Waals surface area contributed by atoms with E-state index in [1.165, 1.54) is 0 Å². The van der Waals surface area contributed by atoms with Crippen molar-refractivity contribution in [2.24, 2.45) is 5.92 Å². The standard InChI is InChI=1S/C16H28N4O/c1-18-11-6-15(7-12-18)19(2)16(21)14-5-3-9-20(13-14)10-4-8-17/h14-15H,3-7,9-13H2,1-2H3. The van der Waals surface area contributed by atoms with E-state index in [1.807, 2.05) is 11.9 Å². The van der Waals surface area contributed by atoms with Crippen LogP contribution in [0.5, 0.6) is 0 Å². The van der Waals surface area contributed by atoms with Gasteiger partial charge in [-0.3, -0.25) is 4.79 Å². The third kappa shape index (κ3) is 4.42. The summed E-state index contributed by atoms with van der Waals surface area (Å²) in [4.78, 5) is 19.3. The first kappa shape index (κ1) is 16.3. The molecule has 2 saturated heterocycles. The van der Waals surface area contributed by atoms with Gasteiger partial charge in [-0.05, 0) is 52.4 Å². The molecule has 1 amide bonds. The molecule has 0 bridgehead atoms. The number of rotatable bonds is 4. The topological polar surface area (TPSA) is 50.6 Å². The quantitative estimate of drug-likeness (QED) is 0.780. The third-order valence-electron chi connectivity index (χ3n) is 4.98. The summed E-state index contributed by atoms with van der Waals surface area (Å²) in [6.07, 6.45) is 4.81. The Bertz CT molecular complexity index is 384. The maximum atomic E-state index is 12.7.